The number of methoxy groups -OCH3 is 2. The van der Waals surface area contributed by atoms with E-state index in [1.54, 1.807) is 38.5 Å². The van der Waals surface area contributed by atoms with Crippen LogP contribution in [0.4, 0.5) is 0 Å². The Bertz CT molecular complexity index is 778. The van der Waals surface area contributed by atoms with E-state index < -0.39 is 0 Å². The quantitative estimate of drug-likeness (QED) is 0.781. The van der Waals surface area contributed by atoms with Gasteiger partial charge < -0.3 is 19.1 Å². The highest BCUT2D eigenvalue weighted by atomic mass is 35.5. The number of H-pyrrole nitrogens is 1. The molecule has 27 heavy (non-hydrogen) atoms. The Morgan fingerprint density at radius 3 is 2.96 bits per heavy atom. The van der Waals surface area contributed by atoms with E-state index in [9.17, 15) is 4.79 Å². The Labute approximate surface area is 163 Å². The number of aromatic nitrogens is 2. The minimum atomic E-state index is -0.0687. The molecule has 1 aromatic carbocycles. The van der Waals surface area contributed by atoms with Gasteiger partial charge >= 0.3 is 0 Å². The second kappa shape index (κ2) is 9.10. The number of benzene rings is 1. The molecule has 1 atom stereocenters. The van der Waals surface area contributed by atoms with E-state index in [0.717, 1.165) is 19.4 Å². The number of carbonyl (C=O) groups excluding carboxylic acids is 1. The van der Waals surface area contributed by atoms with Crippen LogP contribution in [0.2, 0.25) is 5.02 Å². The van der Waals surface area contributed by atoms with Crippen LogP contribution >= 0.6 is 11.6 Å². The summed E-state index contributed by atoms with van der Waals surface area (Å²) in [6, 6.07) is 6.93. The van der Waals surface area contributed by atoms with Crippen molar-refractivity contribution in [2.45, 2.75) is 19.4 Å². The van der Waals surface area contributed by atoms with Crippen molar-refractivity contribution in [3.8, 4) is 11.5 Å². The zero-order valence-corrected chi connectivity index (χ0v) is 16.3. The lowest BCUT2D eigenvalue weighted by Gasteiger charge is -2.31. The van der Waals surface area contributed by atoms with Crippen LogP contribution < -0.4 is 9.47 Å². The van der Waals surface area contributed by atoms with Gasteiger partial charge in [-0.2, -0.15) is 5.10 Å². The maximum atomic E-state index is 12.7. The van der Waals surface area contributed by atoms with Gasteiger partial charge in [-0.1, -0.05) is 11.6 Å². The lowest BCUT2D eigenvalue weighted by Crippen LogP contribution is -2.41. The topological polar surface area (TPSA) is 76.7 Å². The fraction of sp³-hybridized carbons (Fsp3) is 0.474. The number of likely N-dealkylation sites (tertiary alicyclic amines) is 1. The van der Waals surface area contributed by atoms with E-state index in [2.05, 4.69) is 10.2 Å². The van der Waals surface area contributed by atoms with Crippen molar-refractivity contribution < 1.29 is 19.0 Å². The number of hydrogen-bond donors (Lipinski definition) is 1. The summed E-state index contributed by atoms with van der Waals surface area (Å²) in [6.45, 7) is 2.36. The molecule has 1 saturated heterocycles. The van der Waals surface area contributed by atoms with Crippen LogP contribution in [-0.4, -0.2) is 54.9 Å². The number of nitrogens with one attached hydrogen (secondary N) is 1. The summed E-state index contributed by atoms with van der Waals surface area (Å²) in [5.74, 6) is 1.51. The first-order chi connectivity index (χ1) is 13.1. The maximum absolute atomic E-state index is 12.7. The number of ether oxygens (including phenoxy) is 3. The maximum Gasteiger partial charge on any atom is 0.274 e. The molecule has 1 aliphatic heterocycles. The fourth-order valence-electron chi connectivity index (χ4n) is 3.21. The molecule has 2 heterocycles. The molecule has 8 heteroatoms. The number of amides is 1. The summed E-state index contributed by atoms with van der Waals surface area (Å²) < 4.78 is 16.0. The van der Waals surface area contributed by atoms with Crippen molar-refractivity contribution >= 4 is 17.5 Å². The number of aromatic amines is 1. The molecule has 0 bridgehead atoms. The van der Waals surface area contributed by atoms with Crippen LogP contribution in [0.1, 0.15) is 29.0 Å². The van der Waals surface area contributed by atoms with Gasteiger partial charge in [0.2, 0.25) is 0 Å². The largest absolute Gasteiger partial charge is 0.497 e. The van der Waals surface area contributed by atoms with Crippen molar-refractivity contribution in [3.63, 3.8) is 0 Å². The molecule has 0 spiro atoms. The molecule has 2 aromatic rings. The normalized spacial score (nSPS) is 17.0. The Morgan fingerprint density at radius 2 is 2.22 bits per heavy atom. The molecule has 146 valence electrons. The highest BCUT2D eigenvalue weighted by Crippen LogP contribution is 2.29. The number of halogens is 1. The minimum Gasteiger partial charge on any atom is -0.497 e. The summed E-state index contributed by atoms with van der Waals surface area (Å²) in [7, 11) is 3.27. The molecule has 1 amide bonds. The van der Waals surface area contributed by atoms with Crippen molar-refractivity contribution in [2.24, 2.45) is 5.92 Å². The smallest absolute Gasteiger partial charge is 0.274 e. The monoisotopic (exact) mass is 393 g/mol. The second-order valence-corrected chi connectivity index (χ2v) is 6.99. The van der Waals surface area contributed by atoms with E-state index in [0.29, 0.717) is 47.0 Å². The van der Waals surface area contributed by atoms with Crippen molar-refractivity contribution in [1.82, 2.24) is 15.1 Å². The molecule has 1 aliphatic rings. The van der Waals surface area contributed by atoms with Gasteiger partial charge in [0.05, 0.1) is 24.4 Å². The van der Waals surface area contributed by atoms with E-state index in [1.807, 2.05) is 4.90 Å². The third-order valence-corrected chi connectivity index (χ3v) is 4.88. The van der Waals surface area contributed by atoms with Crippen LogP contribution in [0.5, 0.6) is 11.5 Å². The van der Waals surface area contributed by atoms with Gasteiger partial charge in [-0.25, -0.2) is 0 Å². The van der Waals surface area contributed by atoms with E-state index in [1.165, 1.54) is 0 Å². The molecular weight excluding hydrogens is 370 g/mol. The number of piperidine rings is 1. The van der Waals surface area contributed by atoms with Crippen LogP contribution in [0.25, 0.3) is 0 Å². The lowest BCUT2D eigenvalue weighted by molar-refractivity contribution is 0.0565. The third kappa shape index (κ3) is 4.93. The first kappa shape index (κ1) is 19.5. The van der Waals surface area contributed by atoms with Gasteiger partial charge in [-0.05, 0) is 37.0 Å². The molecule has 1 unspecified atom stereocenters. The molecule has 3 rings (SSSR count). The summed E-state index contributed by atoms with van der Waals surface area (Å²) in [5.41, 5.74) is 1.10. The van der Waals surface area contributed by atoms with E-state index in [4.69, 9.17) is 25.8 Å². The number of hydrogen-bond acceptors (Lipinski definition) is 5. The lowest BCUT2D eigenvalue weighted by atomic mass is 9.99. The zero-order valence-electron chi connectivity index (χ0n) is 15.5. The van der Waals surface area contributed by atoms with Crippen LogP contribution in [0.3, 0.4) is 0 Å². The molecule has 0 aliphatic carbocycles. The summed E-state index contributed by atoms with van der Waals surface area (Å²) in [5, 5.41) is 7.46. The predicted molar refractivity (Wildman–Crippen MR) is 101 cm³/mol. The average Bonchev–Trinajstić information content (AvgIpc) is 3.16. The van der Waals surface area contributed by atoms with Crippen molar-refractivity contribution in [2.75, 3.05) is 33.9 Å². The molecule has 1 fully saturated rings. The molecule has 1 aromatic heterocycles. The standard InChI is InChI=1S/C19H24ClN3O4/c1-25-11-13-4-3-7-23(10-13)19(24)17-8-14(21-22-17)12-27-18-6-5-15(26-2)9-16(18)20/h5-6,8-9,13H,3-4,7,10-12H2,1-2H3,(H,21,22). The Balaban J connectivity index is 1.58. The Morgan fingerprint density at radius 1 is 1.37 bits per heavy atom. The summed E-state index contributed by atoms with van der Waals surface area (Å²) in [6.07, 6.45) is 2.07. The average molecular weight is 394 g/mol. The summed E-state index contributed by atoms with van der Waals surface area (Å²) >= 11 is 6.17. The van der Waals surface area contributed by atoms with Crippen LogP contribution in [0, 0.1) is 5.92 Å². The van der Waals surface area contributed by atoms with Crippen LogP contribution in [0.15, 0.2) is 24.3 Å². The van der Waals surface area contributed by atoms with Crippen molar-refractivity contribution in [3.05, 3.63) is 40.7 Å². The Hall–Kier alpha value is -2.25. The molecule has 0 saturated carbocycles. The highest BCUT2D eigenvalue weighted by Gasteiger charge is 2.25. The van der Waals surface area contributed by atoms with Gasteiger partial charge in [0.15, 0.2) is 5.69 Å². The highest BCUT2D eigenvalue weighted by molar-refractivity contribution is 6.32. The van der Waals surface area contributed by atoms with Gasteiger partial charge in [0.25, 0.3) is 5.91 Å². The molecule has 7 nitrogen and oxygen atoms in total. The van der Waals surface area contributed by atoms with Gasteiger partial charge in [0.1, 0.15) is 18.1 Å². The van der Waals surface area contributed by atoms with Crippen molar-refractivity contribution in [1.29, 1.82) is 0 Å². The first-order valence-electron chi connectivity index (χ1n) is 8.89. The predicted octanol–water partition coefficient (Wildman–Crippen LogP) is 3.15. The minimum absolute atomic E-state index is 0.0687. The Kier molecular flexibility index (Phi) is 6.58. The van der Waals surface area contributed by atoms with E-state index >= 15 is 0 Å². The van der Waals surface area contributed by atoms with Gasteiger partial charge in [0, 0.05) is 26.3 Å². The third-order valence-electron chi connectivity index (χ3n) is 4.58. The van der Waals surface area contributed by atoms with Gasteiger partial charge in [-0.3, -0.25) is 9.89 Å². The number of carbonyl (C=O) groups is 1. The molecule has 1 N–H and O–H groups in total. The number of rotatable bonds is 7. The molecule has 0 radical (unpaired) electrons. The SMILES string of the molecule is COCC1CCCN(C(=O)c2cc(COc3ccc(OC)cc3Cl)[nH]n2)C1. The molecular formula is C19H24ClN3O4. The number of nitrogens with zero attached hydrogens (tertiary/aromatic N) is 2. The first-order valence-corrected chi connectivity index (χ1v) is 9.27. The van der Waals surface area contributed by atoms with Crippen LogP contribution in [-0.2, 0) is 11.3 Å². The van der Waals surface area contributed by atoms with Gasteiger partial charge in [-0.15, -0.1) is 0 Å². The van der Waals surface area contributed by atoms with E-state index in [-0.39, 0.29) is 12.5 Å². The summed E-state index contributed by atoms with van der Waals surface area (Å²) in [4.78, 5) is 14.5. The second-order valence-electron chi connectivity index (χ2n) is 6.58. The zero-order chi connectivity index (χ0) is 19.2. The fourth-order valence-corrected chi connectivity index (χ4v) is 3.43.